The Bertz CT molecular complexity index is 668. The summed E-state index contributed by atoms with van der Waals surface area (Å²) in [6, 6.07) is 7.13. The van der Waals surface area contributed by atoms with Crippen molar-refractivity contribution in [1.82, 2.24) is 4.90 Å². The Morgan fingerprint density at radius 2 is 2.00 bits per heavy atom. The van der Waals surface area contributed by atoms with Crippen molar-refractivity contribution in [2.45, 2.75) is 51.7 Å². The Kier molecular flexibility index (Phi) is 3.64. The molecule has 1 aliphatic carbocycles. The Morgan fingerprint density at radius 1 is 1.29 bits per heavy atom. The summed E-state index contributed by atoms with van der Waals surface area (Å²) < 4.78 is 6.69. The van der Waals surface area contributed by atoms with E-state index in [1.807, 2.05) is 25.7 Å². The second-order valence-electron chi connectivity index (χ2n) is 8.58. The largest absolute Gasteiger partial charge is 0.444 e. The number of carbonyl (C=O) groups is 1. The Morgan fingerprint density at radius 3 is 2.67 bits per heavy atom. The van der Waals surface area contributed by atoms with E-state index in [0.29, 0.717) is 11.5 Å². The van der Waals surface area contributed by atoms with Crippen LogP contribution in [0, 0.1) is 5.41 Å². The van der Waals surface area contributed by atoms with Crippen LogP contribution in [0.1, 0.15) is 39.2 Å². The molecule has 130 valence electrons. The number of rotatable bonds is 1. The molecule has 1 saturated heterocycles. The third-order valence-electron chi connectivity index (χ3n) is 5.49. The number of hydrogen-bond donors (Lipinski definition) is 0. The summed E-state index contributed by atoms with van der Waals surface area (Å²) in [6.07, 6.45) is 3.35. The minimum Gasteiger partial charge on any atom is -0.444 e. The number of carbonyl (C=O) groups excluding carboxylic acids is 1. The van der Waals surface area contributed by atoms with E-state index in [4.69, 9.17) is 4.74 Å². The number of hydrogen-bond acceptors (Lipinski definition) is 3. The van der Waals surface area contributed by atoms with Gasteiger partial charge in [-0.2, -0.15) is 0 Å². The van der Waals surface area contributed by atoms with Gasteiger partial charge in [0.25, 0.3) is 0 Å². The first-order valence-electron chi connectivity index (χ1n) is 8.78. The van der Waals surface area contributed by atoms with Crippen LogP contribution in [0.5, 0.6) is 0 Å². The molecule has 3 aliphatic rings. The van der Waals surface area contributed by atoms with Gasteiger partial charge in [0.15, 0.2) is 0 Å². The second kappa shape index (κ2) is 5.38. The van der Waals surface area contributed by atoms with E-state index >= 15 is 0 Å². The normalized spacial score (nSPS) is 22.2. The lowest BCUT2D eigenvalue weighted by atomic mass is 9.60. The van der Waals surface area contributed by atoms with Crippen LogP contribution in [0.15, 0.2) is 22.7 Å². The topological polar surface area (TPSA) is 32.8 Å². The minimum atomic E-state index is -0.408. The van der Waals surface area contributed by atoms with Gasteiger partial charge in [-0.3, -0.25) is 0 Å². The molecule has 4 rings (SSSR count). The number of ether oxygens (including phenoxy) is 1. The number of benzene rings is 1. The molecule has 2 heterocycles. The van der Waals surface area contributed by atoms with Crippen LogP contribution < -0.4 is 4.90 Å². The molecule has 0 unspecified atom stereocenters. The van der Waals surface area contributed by atoms with Crippen molar-refractivity contribution in [3.05, 3.63) is 28.2 Å². The maximum Gasteiger partial charge on any atom is 0.410 e. The molecule has 0 atom stereocenters. The summed E-state index contributed by atoms with van der Waals surface area (Å²) in [5, 5.41) is 0. The number of anilines is 1. The molecule has 0 bridgehead atoms. The number of likely N-dealkylation sites (tertiary alicyclic amines) is 1. The Balaban J connectivity index is 1.33. The molecule has 1 aromatic rings. The summed E-state index contributed by atoms with van der Waals surface area (Å²) in [7, 11) is 0. The van der Waals surface area contributed by atoms with Gasteiger partial charge in [-0.15, -0.1) is 0 Å². The average Bonchev–Trinajstić information content (AvgIpc) is 2.79. The van der Waals surface area contributed by atoms with Crippen molar-refractivity contribution in [1.29, 1.82) is 0 Å². The fourth-order valence-corrected chi connectivity index (χ4v) is 4.99. The van der Waals surface area contributed by atoms with Crippen LogP contribution in [0.2, 0.25) is 0 Å². The average molecular weight is 393 g/mol. The van der Waals surface area contributed by atoms with E-state index < -0.39 is 5.60 Å². The molecule has 2 fully saturated rings. The highest BCUT2D eigenvalue weighted by molar-refractivity contribution is 9.10. The predicted octanol–water partition coefficient (Wildman–Crippen LogP) is 4.21. The standard InChI is InChI=1S/C19H25BrN2O2/c1-18(2,3)24-17(23)21-11-19(12-21)9-13(10-19)22-8-7-14-15(20)5-4-6-16(14)22/h4-6,13H,7-12H2,1-3H3. The fraction of sp³-hybridized carbons (Fsp3) is 0.632. The lowest BCUT2D eigenvalue weighted by Crippen LogP contribution is -2.67. The van der Waals surface area contributed by atoms with Crippen LogP contribution in [0.25, 0.3) is 0 Å². The number of fused-ring (bicyclic) bond motifs is 1. The molecule has 0 radical (unpaired) electrons. The third-order valence-corrected chi connectivity index (χ3v) is 6.23. The van der Waals surface area contributed by atoms with Crippen molar-refractivity contribution < 1.29 is 9.53 Å². The van der Waals surface area contributed by atoms with Gasteiger partial charge in [0, 0.05) is 41.3 Å². The van der Waals surface area contributed by atoms with Crippen LogP contribution >= 0.6 is 15.9 Å². The highest BCUT2D eigenvalue weighted by Crippen LogP contribution is 2.52. The Hall–Kier alpha value is -1.23. The summed E-state index contributed by atoms with van der Waals surface area (Å²) in [5.41, 5.74) is 2.78. The summed E-state index contributed by atoms with van der Waals surface area (Å²) in [4.78, 5) is 16.5. The molecular weight excluding hydrogens is 368 g/mol. The van der Waals surface area contributed by atoms with Gasteiger partial charge in [0.05, 0.1) is 0 Å². The summed E-state index contributed by atoms with van der Waals surface area (Å²) in [5.74, 6) is 0. The third kappa shape index (κ3) is 2.71. The zero-order valence-corrected chi connectivity index (χ0v) is 16.2. The molecule has 1 saturated carbocycles. The molecular formula is C19H25BrN2O2. The van der Waals surface area contributed by atoms with Crippen LogP contribution in [0.3, 0.4) is 0 Å². The molecule has 2 aliphatic heterocycles. The first-order valence-corrected chi connectivity index (χ1v) is 9.58. The van der Waals surface area contributed by atoms with Crippen molar-refractivity contribution >= 4 is 27.7 Å². The summed E-state index contributed by atoms with van der Waals surface area (Å²) in [6.45, 7) is 8.60. The van der Waals surface area contributed by atoms with E-state index in [9.17, 15) is 4.79 Å². The quantitative estimate of drug-likeness (QED) is 0.717. The molecule has 5 heteroatoms. The monoisotopic (exact) mass is 392 g/mol. The number of halogens is 1. The summed E-state index contributed by atoms with van der Waals surface area (Å²) >= 11 is 3.67. The molecule has 0 aromatic heterocycles. The minimum absolute atomic E-state index is 0.160. The SMILES string of the molecule is CC(C)(C)OC(=O)N1CC2(CC(N3CCc4c(Br)cccc43)C2)C1. The first kappa shape index (κ1) is 16.2. The van der Waals surface area contributed by atoms with E-state index in [-0.39, 0.29) is 6.09 Å². The second-order valence-corrected chi connectivity index (χ2v) is 9.43. The maximum absolute atomic E-state index is 12.1. The van der Waals surface area contributed by atoms with E-state index in [0.717, 1.165) is 26.1 Å². The lowest BCUT2D eigenvalue weighted by Gasteiger charge is -2.60. The molecule has 24 heavy (non-hydrogen) atoms. The lowest BCUT2D eigenvalue weighted by molar-refractivity contribution is -0.0778. The first-order chi connectivity index (χ1) is 11.3. The highest BCUT2D eigenvalue weighted by Gasteiger charge is 2.56. The molecule has 1 amide bonds. The van der Waals surface area contributed by atoms with Gasteiger partial charge in [0.2, 0.25) is 0 Å². The number of nitrogens with zero attached hydrogens (tertiary/aromatic N) is 2. The van der Waals surface area contributed by atoms with Gasteiger partial charge >= 0.3 is 6.09 Å². The van der Waals surface area contributed by atoms with Crippen molar-refractivity contribution in [2.24, 2.45) is 5.41 Å². The van der Waals surface area contributed by atoms with Gasteiger partial charge in [-0.25, -0.2) is 4.79 Å². The van der Waals surface area contributed by atoms with E-state index in [2.05, 4.69) is 39.0 Å². The van der Waals surface area contributed by atoms with Gasteiger partial charge in [-0.05, 0) is 57.7 Å². The maximum atomic E-state index is 12.1. The van der Waals surface area contributed by atoms with Gasteiger partial charge in [-0.1, -0.05) is 22.0 Å². The molecule has 4 nitrogen and oxygen atoms in total. The molecule has 1 spiro atoms. The van der Waals surface area contributed by atoms with Gasteiger partial charge in [0.1, 0.15) is 5.60 Å². The predicted molar refractivity (Wildman–Crippen MR) is 98.5 cm³/mol. The van der Waals surface area contributed by atoms with Crippen LogP contribution in [-0.4, -0.2) is 42.3 Å². The van der Waals surface area contributed by atoms with E-state index in [1.54, 1.807) is 0 Å². The van der Waals surface area contributed by atoms with Crippen LogP contribution in [-0.2, 0) is 11.2 Å². The smallest absolute Gasteiger partial charge is 0.410 e. The van der Waals surface area contributed by atoms with E-state index in [1.165, 1.54) is 28.6 Å². The van der Waals surface area contributed by atoms with Crippen molar-refractivity contribution in [3.63, 3.8) is 0 Å². The number of amides is 1. The molecule has 0 N–H and O–H groups in total. The zero-order chi connectivity index (χ0) is 17.1. The highest BCUT2D eigenvalue weighted by atomic mass is 79.9. The molecule has 1 aromatic carbocycles. The Labute approximate surface area is 152 Å². The fourth-order valence-electron chi connectivity index (χ4n) is 4.43. The van der Waals surface area contributed by atoms with Crippen LogP contribution in [0.4, 0.5) is 10.5 Å². The van der Waals surface area contributed by atoms with Crippen molar-refractivity contribution in [2.75, 3.05) is 24.5 Å². The van der Waals surface area contributed by atoms with Gasteiger partial charge < -0.3 is 14.5 Å². The zero-order valence-electron chi connectivity index (χ0n) is 14.6. The van der Waals surface area contributed by atoms with Crippen molar-refractivity contribution in [3.8, 4) is 0 Å².